The summed E-state index contributed by atoms with van der Waals surface area (Å²) in [7, 11) is 0. The van der Waals surface area contributed by atoms with Gasteiger partial charge in [-0.3, -0.25) is 0 Å². The minimum absolute atomic E-state index is 0.617. The van der Waals surface area contributed by atoms with E-state index in [9.17, 15) is 0 Å². The molecule has 0 heterocycles. The minimum Gasteiger partial charge on any atom is -0.362 e. The number of thiocarbonyl (C=S) groups is 1. The molecule has 1 aromatic carbocycles. The molecule has 0 aromatic heterocycles. The molecule has 0 amide bonds. The van der Waals surface area contributed by atoms with Gasteiger partial charge >= 0.3 is 0 Å². The van der Waals surface area contributed by atoms with Crippen molar-refractivity contribution in [2.45, 2.75) is 78.1 Å². The smallest absolute Gasteiger partial charge is 0.170 e. The predicted octanol–water partition coefficient (Wildman–Crippen LogP) is 6.24. The van der Waals surface area contributed by atoms with E-state index in [0.717, 1.165) is 17.3 Å². The Labute approximate surface area is 148 Å². The van der Waals surface area contributed by atoms with Crippen LogP contribution < -0.4 is 10.6 Å². The summed E-state index contributed by atoms with van der Waals surface area (Å²) in [5.41, 5.74) is 2.45. The van der Waals surface area contributed by atoms with Crippen LogP contribution in [0, 0.1) is 0 Å². The summed E-state index contributed by atoms with van der Waals surface area (Å²) in [5, 5.41) is 7.30. The van der Waals surface area contributed by atoms with E-state index in [2.05, 4.69) is 55.7 Å². The van der Waals surface area contributed by atoms with Crippen LogP contribution >= 0.6 is 12.2 Å². The molecule has 3 heteroatoms. The summed E-state index contributed by atoms with van der Waals surface area (Å²) in [6, 6.07) is 8.61. The van der Waals surface area contributed by atoms with Crippen LogP contribution in [0.3, 0.4) is 0 Å². The number of unbranched alkanes of at least 4 members (excludes halogenated alkanes) is 6. The van der Waals surface area contributed by atoms with Gasteiger partial charge in [0.25, 0.3) is 0 Å². The average molecular weight is 335 g/mol. The van der Waals surface area contributed by atoms with Crippen molar-refractivity contribution in [1.29, 1.82) is 0 Å². The number of hydrogen-bond acceptors (Lipinski definition) is 1. The first-order chi connectivity index (χ1) is 11.2. The lowest BCUT2D eigenvalue weighted by Crippen LogP contribution is -2.29. The van der Waals surface area contributed by atoms with E-state index in [1.54, 1.807) is 0 Å². The first-order valence-corrected chi connectivity index (χ1v) is 9.73. The third-order valence-corrected chi connectivity index (χ3v) is 4.66. The van der Waals surface area contributed by atoms with Gasteiger partial charge in [-0.2, -0.15) is 0 Å². The Morgan fingerprint density at radius 2 is 1.57 bits per heavy atom. The van der Waals surface area contributed by atoms with Gasteiger partial charge in [-0.15, -0.1) is 0 Å². The van der Waals surface area contributed by atoms with Crippen molar-refractivity contribution in [3.05, 3.63) is 29.8 Å². The van der Waals surface area contributed by atoms with Gasteiger partial charge in [0, 0.05) is 12.2 Å². The third kappa shape index (κ3) is 8.95. The standard InChI is InChI=1S/C20H34N2S/c1-4-6-7-8-9-10-11-16-21-20(23)22-19-14-12-18(13-15-19)17(3)5-2/h12-15,17H,4-11,16H2,1-3H3,(H2,21,22,23). The lowest BCUT2D eigenvalue weighted by molar-refractivity contribution is 0.586. The first kappa shape index (κ1) is 20.0. The first-order valence-electron chi connectivity index (χ1n) is 9.32. The SMILES string of the molecule is CCCCCCCCCNC(=S)Nc1ccc(C(C)CC)cc1. The topological polar surface area (TPSA) is 24.1 Å². The Morgan fingerprint density at radius 3 is 2.17 bits per heavy atom. The summed E-state index contributed by atoms with van der Waals surface area (Å²) < 4.78 is 0. The molecule has 0 radical (unpaired) electrons. The maximum atomic E-state index is 5.36. The summed E-state index contributed by atoms with van der Waals surface area (Å²) in [6.07, 6.45) is 10.5. The number of hydrogen-bond donors (Lipinski definition) is 2. The van der Waals surface area contributed by atoms with Gasteiger partial charge in [-0.05, 0) is 48.7 Å². The maximum absolute atomic E-state index is 5.36. The Hall–Kier alpha value is -1.09. The lowest BCUT2D eigenvalue weighted by Gasteiger charge is -2.13. The molecule has 1 aromatic rings. The van der Waals surface area contributed by atoms with Crippen molar-refractivity contribution in [3.63, 3.8) is 0 Å². The minimum atomic E-state index is 0.617. The van der Waals surface area contributed by atoms with Gasteiger partial charge in [0.2, 0.25) is 0 Å². The molecule has 1 rings (SSSR count). The Bertz CT molecular complexity index is 428. The lowest BCUT2D eigenvalue weighted by atomic mass is 9.99. The average Bonchev–Trinajstić information content (AvgIpc) is 2.57. The third-order valence-electron chi connectivity index (χ3n) is 4.42. The van der Waals surface area contributed by atoms with E-state index >= 15 is 0 Å². The van der Waals surface area contributed by atoms with E-state index in [-0.39, 0.29) is 0 Å². The molecule has 0 aliphatic heterocycles. The molecule has 23 heavy (non-hydrogen) atoms. The van der Waals surface area contributed by atoms with E-state index in [1.807, 2.05) is 0 Å². The molecular formula is C20H34N2S. The zero-order chi connectivity index (χ0) is 16.9. The van der Waals surface area contributed by atoms with Crippen LogP contribution in [0.2, 0.25) is 0 Å². The number of nitrogens with one attached hydrogen (secondary N) is 2. The molecule has 0 saturated carbocycles. The molecule has 1 atom stereocenters. The second kappa shape index (κ2) is 12.3. The molecule has 0 fully saturated rings. The van der Waals surface area contributed by atoms with Crippen molar-refractivity contribution >= 4 is 23.0 Å². The van der Waals surface area contributed by atoms with Crippen LogP contribution in [0.4, 0.5) is 5.69 Å². The van der Waals surface area contributed by atoms with Gasteiger partial charge in [0.15, 0.2) is 5.11 Å². The highest BCUT2D eigenvalue weighted by atomic mass is 32.1. The highest BCUT2D eigenvalue weighted by molar-refractivity contribution is 7.80. The summed E-state index contributed by atoms with van der Waals surface area (Å²) in [6.45, 7) is 7.71. The molecule has 0 saturated heterocycles. The molecule has 2 nitrogen and oxygen atoms in total. The second-order valence-electron chi connectivity index (χ2n) is 6.43. The second-order valence-corrected chi connectivity index (χ2v) is 6.84. The summed E-state index contributed by atoms with van der Waals surface area (Å²) in [4.78, 5) is 0. The van der Waals surface area contributed by atoms with E-state index in [4.69, 9.17) is 12.2 Å². The van der Waals surface area contributed by atoms with Crippen LogP contribution in [0.15, 0.2) is 24.3 Å². The van der Waals surface area contributed by atoms with Crippen LogP contribution in [-0.2, 0) is 0 Å². The van der Waals surface area contributed by atoms with Gasteiger partial charge in [-0.25, -0.2) is 0 Å². The van der Waals surface area contributed by atoms with E-state index in [0.29, 0.717) is 5.92 Å². The molecule has 2 N–H and O–H groups in total. The molecule has 0 aliphatic carbocycles. The monoisotopic (exact) mass is 334 g/mol. The van der Waals surface area contributed by atoms with Crippen molar-refractivity contribution in [2.75, 3.05) is 11.9 Å². The van der Waals surface area contributed by atoms with E-state index < -0.39 is 0 Å². The number of anilines is 1. The van der Waals surface area contributed by atoms with Gasteiger partial charge in [0.05, 0.1) is 0 Å². The van der Waals surface area contributed by atoms with Gasteiger partial charge < -0.3 is 10.6 Å². The van der Waals surface area contributed by atoms with Gasteiger partial charge in [0.1, 0.15) is 0 Å². The predicted molar refractivity (Wildman–Crippen MR) is 107 cm³/mol. The van der Waals surface area contributed by atoms with Crippen molar-refractivity contribution in [1.82, 2.24) is 5.32 Å². The number of benzene rings is 1. The Balaban J connectivity index is 2.14. The molecule has 0 aliphatic rings. The summed E-state index contributed by atoms with van der Waals surface area (Å²) in [5.74, 6) is 0.617. The normalized spacial score (nSPS) is 12.0. The molecular weight excluding hydrogens is 300 g/mol. The van der Waals surface area contributed by atoms with Crippen molar-refractivity contribution < 1.29 is 0 Å². The van der Waals surface area contributed by atoms with Crippen LogP contribution in [0.1, 0.15) is 83.6 Å². The highest BCUT2D eigenvalue weighted by Gasteiger charge is 2.03. The zero-order valence-electron chi connectivity index (χ0n) is 15.2. The quantitative estimate of drug-likeness (QED) is 0.370. The highest BCUT2D eigenvalue weighted by Crippen LogP contribution is 2.20. The summed E-state index contributed by atoms with van der Waals surface area (Å²) >= 11 is 5.36. The molecule has 0 spiro atoms. The fourth-order valence-electron chi connectivity index (χ4n) is 2.59. The van der Waals surface area contributed by atoms with Crippen LogP contribution in [-0.4, -0.2) is 11.7 Å². The Kier molecular flexibility index (Phi) is 10.7. The largest absolute Gasteiger partial charge is 0.362 e. The number of rotatable bonds is 11. The fourth-order valence-corrected chi connectivity index (χ4v) is 2.81. The molecule has 130 valence electrons. The van der Waals surface area contributed by atoms with Crippen LogP contribution in [0.5, 0.6) is 0 Å². The molecule has 1 unspecified atom stereocenters. The van der Waals surface area contributed by atoms with Crippen molar-refractivity contribution in [2.24, 2.45) is 0 Å². The zero-order valence-corrected chi connectivity index (χ0v) is 16.0. The van der Waals surface area contributed by atoms with Crippen LogP contribution in [0.25, 0.3) is 0 Å². The van der Waals surface area contributed by atoms with Crippen molar-refractivity contribution in [3.8, 4) is 0 Å². The molecule has 0 bridgehead atoms. The maximum Gasteiger partial charge on any atom is 0.170 e. The van der Waals surface area contributed by atoms with Gasteiger partial charge in [-0.1, -0.05) is 71.4 Å². The Morgan fingerprint density at radius 1 is 0.957 bits per heavy atom. The van der Waals surface area contributed by atoms with E-state index in [1.165, 1.54) is 56.9 Å². The fraction of sp³-hybridized carbons (Fsp3) is 0.650.